The standard InChI is InChI=1S/C18H11N3O7/c22-15-14(16(23)20-18(25)19-15)8-10-4-6-13(7-5-10)28-17(24)11-2-1-3-12(9-11)21(26)27/h1-9H,(H2,19,20,22,23,25). The Morgan fingerprint density at radius 2 is 1.64 bits per heavy atom. The lowest BCUT2D eigenvalue weighted by atomic mass is 10.1. The molecule has 1 aliphatic heterocycles. The normalized spacial score (nSPS) is 13.4. The molecule has 0 spiro atoms. The Hall–Kier alpha value is -4.34. The molecule has 28 heavy (non-hydrogen) atoms. The number of urea groups is 1. The molecule has 0 aliphatic carbocycles. The third-order valence-corrected chi connectivity index (χ3v) is 3.64. The summed E-state index contributed by atoms with van der Waals surface area (Å²) in [5, 5.41) is 14.7. The van der Waals surface area contributed by atoms with Gasteiger partial charge in [0.15, 0.2) is 0 Å². The monoisotopic (exact) mass is 381 g/mol. The molecule has 2 N–H and O–H groups in total. The van der Waals surface area contributed by atoms with E-state index in [-0.39, 0.29) is 22.6 Å². The molecule has 140 valence electrons. The zero-order chi connectivity index (χ0) is 20.3. The first-order chi connectivity index (χ1) is 13.3. The van der Waals surface area contributed by atoms with Crippen LogP contribution in [0.2, 0.25) is 0 Å². The van der Waals surface area contributed by atoms with E-state index < -0.39 is 28.7 Å². The number of rotatable bonds is 4. The minimum atomic E-state index is -0.893. The molecule has 1 saturated heterocycles. The molecule has 10 heteroatoms. The summed E-state index contributed by atoms with van der Waals surface area (Å²) in [7, 11) is 0. The average Bonchev–Trinajstić information content (AvgIpc) is 2.66. The van der Waals surface area contributed by atoms with Gasteiger partial charge in [-0.25, -0.2) is 9.59 Å². The van der Waals surface area contributed by atoms with Crippen LogP contribution in [0.5, 0.6) is 5.75 Å². The summed E-state index contributed by atoms with van der Waals surface area (Å²) in [5.74, 6) is -2.27. The van der Waals surface area contributed by atoms with Crippen LogP contribution < -0.4 is 15.4 Å². The molecule has 4 amide bonds. The maximum Gasteiger partial charge on any atom is 0.343 e. The lowest BCUT2D eigenvalue weighted by Gasteiger charge is -2.13. The molecule has 2 aromatic rings. The van der Waals surface area contributed by atoms with E-state index in [2.05, 4.69) is 0 Å². The van der Waals surface area contributed by atoms with Crippen LogP contribution in [0, 0.1) is 10.1 Å². The van der Waals surface area contributed by atoms with Crippen molar-refractivity contribution in [2.24, 2.45) is 0 Å². The van der Waals surface area contributed by atoms with Gasteiger partial charge in [-0.15, -0.1) is 0 Å². The first-order valence-corrected chi connectivity index (χ1v) is 7.78. The van der Waals surface area contributed by atoms with Crippen molar-refractivity contribution >= 4 is 35.6 Å². The van der Waals surface area contributed by atoms with Gasteiger partial charge >= 0.3 is 12.0 Å². The number of nitrogens with one attached hydrogen (secondary N) is 2. The van der Waals surface area contributed by atoms with E-state index in [1.165, 1.54) is 48.5 Å². The number of nitro benzene ring substituents is 1. The van der Waals surface area contributed by atoms with Crippen LogP contribution in [-0.2, 0) is 9.59 Å². The van der Waals surface area contributed by atoms with Gasteiger partial charge in [-0.2, -0.15) is 0 Å². The van der Waals surface area contributed by atoms with Crippen LogP contribution in [0.3, 0.4) is 0 Å². The number of amides is 4. The van der Waals surface area contributed by atoms with E-state index in [1.807, 2.05) is 10.6 Å². The summed E-state index contributed by atoms with van der Waals surface area (Å²) >= 11 is 0. The van der Waals surface area contributed by atoms with E-state index in [0.29, 0.717) is 5.56 Å². The van der Waals surface area contributed by atoms with Crippen molar-refractivity contribution in [1.82, 2.24) is 10.6 Å². The molecule has 0 saturated carbocycles. The second-order valence-electron chi connectivity index (χ2n) is 5.56. The summed E-state index contributed by atoms with van der Waals surface area (Å²) in [5.41, 5.74) is -0.0229. The van der Waals surface area contributed by atoms with Crippen LogP contribution in [0.4, 0.5) is 10.5 Å². The van der Waals surface area contributed by atoms with Crippen LogP contribution in [0.1, 0.15) is 15.9 Å². The van der Waals surface area contributed by atoms with E-state index in [1.54, 1.807) is 0 Å². The predicted octanol–water partition coefficient (Wildman–Crippen LogP) is 1.56. The highest BCUT2D eigenvalue weighted by Crippen LogP contribution is 2.19. The van der Waals surface area contributed by atoms with Gasteiger partial charge in [-0.3, -0.25) is 30.3 Å². The number of barbiturate groups is 1. The maximum atomic E-state index is 12.1. The molecule has 0 unspecified atom stereocenters. The fourth-order valence-corrected chi connectivity index (χ4v) is 2.32. The molecule has 10 nitrogen and oxygen atoms in total. The highest BCUT2D eigenvalue weighted by atomic mass is 16.6. The summed E-state index contributed by atoms with van der Waals surface area (Å²) in [6, 6.07) is 10.0. The smallest absolute Gasteiger partial charge is 0.343 e. The summed E-state index contributed by atoms with van der Waals surface area (Å²) in [4.78, 5) is 56.7. The summed E-state index contributed by atoms with van der Waals surface area (Å²) < 4.78 is 5.15. The van der Waals surface area contributed by atoms with Crippen LogP contribution in [-0.4, -0.2) is 28.7 Å². The maximum absolute atomic E-state index is 12.1. The predicted molar refractivity (Wildman–Crippen MR) is 94.2 cm³/mol. The molecule has 0 atom stereocenters. The Labute approximate surface area is 156 Å². The van der Waals surface area contributed by atoms with Gasteiger partial charge in [0.2, 0.25) is 0 Å². The number of nitro groups is 1. The quantitative estimate of drug-likeness (QED) is 0.204. The Kier molecular flexibility index (Phi) is 4.94. The lowest BCUT2D eigenvalue weighted by molar-refractivity contribution is -0.384. The van der Waals surface area contributed by atoms with E-state index in [4.69, 9.17) is 4.74 Å². The van der Waals surface area contributed by atoms with Crippen LogP contribution in [0.15, 0.2) is 54.1 Å². The minimum Gasteiger partial charge on any atom is -0.423 e. The average molecular weight is 381 g/mol. The molecule has 1 fully saturated rings. The number of hydrogen-bond acceptors (Lipinski definition) is 7. The Bertz CT molecular complexity index is 1020. The SMILES string of the molecule is O=C1NC(=O)C(=Cc2ccc(OC(=O)c3cccc([N+](=O)[O-])c3)cc2)C(=O)N1. The van der Waals surface area contributed by atoms with Crippen molar-refractivity contribution in [1.29, 1.82) is 0 Å². The lowest BCUT2D eigenvalue weighted by Crippen LogP contribution is -2.51. The largest absolute Gasteiger partial charge is 0.423 e. The van der Waals surface area contributed by atoms with Gasteiger partial charge in [-0.05, 0) is 29.8 Å². The molecule has 0 bridgehead atoms. The van der Waals surface area contributed by atoms with Gasteiger partial charge in [-0.1, -0.05) is 18.2 Å². The molecule has 2 aromatic carbocycles. The molecule has 1 heterocycles. The van der Waals surface area contributed by atoms with E-state index >= 15 is 0 Å². The second kappa shape index (κ2) is 7.50. The van der Waals surface area contributed by atoms with Crippen molar-refractivity contribution in [3.8, 4) is 5.75 Å². The van der Waals surface area contributed by atoms with Crippen molar-refractivity contribution in [2.75, 3.05) is 0 Å². The van der Waals surface area contributed by atoms with Gasteiger partial charge in [0, 0.05) is 12.1 Å². The zero-order valence-corrected chi connectivity index (χ0v) is 14.0. The number of ether oxygens (including phenoxy) is 1. The number of non-ortho nitro benzene ring substituents is 1. The molecular weight excluding hydrogens is 370 g/mol. The third kappa shape index (κ3) is 4.07. The van der Waals surface area contributed by atoms with Gasteiger partial charge in [0.05, 0.1) is 10.5 Å². The molecule has 0 radical (unpaired) electrons. The van der Waals surface area contributed by atoms with Crippen molar-refractivity contribution < 1.29 is 28.8 Å². The Morgan fingerprint density at radius 1 is 1.00 bits per heavy atom. The molecule has 0 aromatic heterocycles. The highest BCUT2D eigenvalue weighted by Gasteiger charge is 2.27. The number of esters is 1. The van der Waals surface area contributed by atoms with Crippen molar-refractivity contribution in [2.45, 2.75) is 0 Å². The first-order valence-electron chi connectivity index (χ1n) is 7.78. The number of imide groups is 2. The third-order valence-electron chi connectivity index (χ3n) is 3.64. The fourth-order valence-electron chi connectivity index (χ4n) is 2.32. The summed E-state index contributed by atoms with van der Waals surface area (Å²) in [6.45, 7) is 0. The first kappa shape index (κ1) is 18.5. The Balaban J connectivity index is 1.73. The van der Waals surface area contributed by atoms with Crippen LogP contribution >= 0.6 is 0 Å². The summed E-state index contributed by atoms with van der Waals surface area (Å²) in [6.07, 6.45) is 1.27. The minimum absolute atomic E-state index is 0.0145. The number of benzene rings is 2. The molecule has 3 rings (SSSR count). The van der Waals surface area contributed by atoms with Crippen molar-refractivity contribution in [3.63, 3.8) is 0 Å². The van der Waals surface area contributed by atoms with Gasteiger partial charge in [0.25, 0.3) is 17.5 Å². The van der Waals surface area contributed by atoms with E-state index in [9.17, 15) is 29.3 Å². The highest BCUT2D eigenvalue weighted by molar-refractivity contribution is 6.31. The van der Waals surface area contributed by atoms with Gasteiger partial charge < -0.3 is 4.74 Å². The zero-order valence-electron chi connectivity index (χ0n) is 14.0. The number of carbonyl (C=O) groups is 4. The molecular formula is C18H11N3O7. The van der Waals surface area contributed by atoms with E-state index in [0.717, 1.165) is 6.07 Å². The molecule has 1 aliphatic rings. The van der Waals surface area contributed by atoms with Gasteiger partial charge in [0.1, 0.15) is 11.3 Å². The van der Waals surface area contributed by atoms with Crippen LogP contribution in [0.25, 0.3) is 6.08 Å². The number of nitrogens with zero attached hydrogens (tertiary/aromatic N) is 1. The number of hydrogen-bond donors (Lipinski definition) is 2. The number of carbonyl (C=O) groups excluding carboxylic acids is 4. The second-order valence-corrected chi connectivity index (χ2v) is 5.56. The van der Waals surface area contributed by atoms with Crippen molar-refractivity contribution in [3.05, 3.63) is 75.3 Å². The topological polar surface area (TPSA) is 145 Å². The fraction of sp³-hybridized carbons (Fsp3) is 0. The Morgan fingerprint density at radius 3 is 2.25 bits per heavy atom.